The molecule has 0 aromatic rings. The fraction of sp³-hybridized carbons (Fsp3) is 0.909. The molecule has 1 N–H and O–H groups in total. The van der Waals surface area contributed by atoms with E-state index < -0.39 is 0 Å². The van der Waals surface area contributed by atoms with Gasteiger partial charge in [0.1, 0.15) is 0 Å². The van der Waals surface area contributed by atoms with Crippen LogP contribution in [0.25, 0.3) is 0 Å². The van der Waals surface area contributed by atoms with Crippen molar-refractivity contribution in [3.8, 4) is 0 Å². The number of nitrogens with one attached hydrogen (secondary N) is 1. The monoisotopic (exact) mass is 196 g/mol. The number of rotatable bonds is 2. The van der Waals surface area contributed by atoms with Crippen molar-refractivity contribution in [2.45, 2.75) is 38.1 Å². The smallest absolute Gasteiger partial charge is 0.225 e. The number of carbonyl (C=O) groups is 1. The highest BCUT2D eigenvalue weighted by atomic mass is 16.2. The first-order valence-corrected chi connectivity index (χ1v) is 5.77. The van der Waals surface area contributed by atoms with Gasteiger partial charge in [0, 0.05) is 25.0 Å². The minimum absolute atomic E-state index is 0.376. The van der Waals surface area contributed by atoms with Crippen LogP contribution in [0.3, 0.4) is 0 Å². The molecule has 2 aliphatic rings. The molecular formula is C11H20N2O. The van der Waals surface area contributed by atoms with Gasteiger partial charge in [0.05, 0.1) is 0 Å². The molecule has 0 atom stereocenters. The Morgan fingerprint density at radius 1 is 1.21 bits per heavy atom. The second-order valence-electron chi connectivity index (χ2n) is 4.52. The Morgan fingerprint density at radius 2 is 1.86 bits per heavy atom. The molecule has 3 heteroatoms. The number of piperidine rings is 1. The first-order chi connectivity index (χ1) is 6.81. The van der Waals surface area contributed by atoms with Gasteiger partial charge in [-0.15, -0.1) is 0 Å². The summed E-state index contributed by atoms with van der Waals surface area (Å²) in [5, 5.41) is 3.28. The summed E-state index contributed by atoms with van der Waals surface area (Å²) in [4.78, 5) is 13.9. The summed E-state index contributed by atoms with van der Waals surface area (Å²) in [5.74, 6) is 0.798. The number of nitrogens with zero attached hydrogens (tertiary/aromatic N) is 1. The predicted molar refractivity (Wildman–Crippen MR) is 56.0 cm³/mol. The lowest BCUT2D eigenvalue weighted by atomic mass is 9.84. The van der Waals surface area contributed by atoms with Gasteiger partial charge in [-0.05, 0) is 32.7 Å². The Bertz CT molecular complexity index is 205. The summed E-state index contributed by atoms with van der Waals surface area (Å²) in [5.41, 5.74) is 0. The zero-order valence-electron chi connectivity index (χ0n) is 8.96. The lowest BCUT2D eigenvalue weighted by Gasteiger charge is -2.36. The Labute approximate surface area is 85.8 Å². The normalized spacial score (nSPS) is 24.8. The largest absolute Gasteiger partial charge is 0.342 e. The first-order valence-electron chi connectivity index (χ1n) is 5.77. The van der Waals surface area contributed by atoms with E-state index in [1.807, 2.05) is 7.05 Å². The molecule has 0 radical (unpaired) electrons. The van der Waals surface area contributed by atoms with E-state index in [0.717, 1.165) is 38.8 Å². The summed E-state index contributed by atoms with van der Waals surface area (Å²) in [7, 11) is 2.01. The van der Waals surface area contributed by atoms with E-state index in [-0.39, 0.29) is 0 Å². The van der Waals surface area contributed by atoms with Crippen LogP contribution in [0.1, 0.15) is 32.1 Å². The fourth-order valence-corrected chi connectivity index (χ4v) is 2.30. The average Bonchev–Trinajstić information content (AvgIpc) is 2.15. The minimum atomic E-state index is 0.376. The molecule has 1 amide bonds. The zero-order valence-corrected chi connectivity index (χ0v) is 8.96. The molecule has 0 spiro atoms. The van der Waals surface area contributed by atoms with Gasteiger partial charge in [-0.1, -0.05) is 6.42 Å². The van der Waals surface area contributed by atoms with E-state index in [1.165, 1.54) is 6.42 Å². The molecule has 0 unspecified atom stereocenters. The maximum Gasteiger partial charge on any atom is 0.225 e. The standard InChI is InChI=1S/C11H20N2O/c1-12-10-5-7-13(8-6-10)11(14)9-3-2-4-9/h9-10,12H,2-8H2,1H3. The molecule has 0 aromatic carbocycles. The van der Waals surface area contributed by atoms with Gasteiger partial charge in [0.25, 0.3) is 0 Å². The third-order valence-corrected chi connectivity index (χ3v) is 3.67. The third-order valence-electron chi connectivity index (χ3n) is 3.67. The third kappa shape index (κ3) is 1.92. The van der Waals surface area contributed by atoms with Crippen LogP contribution in [-0.4, -0.2) is 37.0 Å². The van der Waals surface area contributed by atoms with E-state index >= 15 is 0 Å². The molecule has 3 nitrogen and oxygen atoms in total. The summed E-state index contributed by atoms with van der Waals surface area (Å²) >= 11 is 0. The fourth-order valence-electron chi connectivity index (χ4n) is 2.30. The molecule has 1 heterocycles. The summed E-state index contributed by atoms with van der Waals surface area (Å²) < 4.78 is 0. The van der Waals surface area contributed by atoms with Gasteiger partial charge in [0.15, 0.2) is 0 Å². The van der Waals surface area contributed by atoms with Gasteiger partial charge >= 0.3 is 0 Å². The second-order valence-corrected chi connectivity index (χ2v) is 4.52. The Balaban J connectivity index is 1.79. The summed E-state index contributed by atoms with van der Waals surface area (Å²) in [6, 6.07) is 0.625. The van der Waals surface area contributed by atoms with Gasteiger partial charge in [0.2, 0.25) is 5.91 Å². The van der Waals surface area contributed by atoms with Crippen LogP contribution < -0.4 is 5.32 Å². The van der Waals surface area contributed by atoms with E-state index in [2.05, 4.69) is 10.2 Å². The van der Waals surface area contributed by atoms with Crippen LogP contribution in [0.5, 0.6) is 0 Å². The van der Waals surface area contributed by atoms with E-state index in [0.29, 0.717) is 17.9 Å². The van der Waals surface area contributed by atoms with Crippen LogP contribution >= 0.6 is 0 Å². The highest BCUT2D eigenvalue weighted by Crippen LogP contribution is 2.29. The molecule has 80 valence electrons. The summed E-state index contributed by atoms with van der Waals surface area (Å²) in [6.07, 6.45) is 5.75. The van der Waals surface area contributed by atoms with Crippen LogP contribution in [0.2, 0.25) is 0 Å². The van der Waals surface area contributed by atoms with Crippen molar-refractivity contribution in [1.29, 1.82) is 0 Å². The van der Waals surface area contributed by atoms with Crippen molar-refractivity contribution in [2.24, 2.45) is 5.92 Å². The molecule has 1 saturated carbocycles. The Morgan fingerprint density at radius 3 is 2.29 bits per heavy atom. The average molecular weight is 196 g/mol. The highest BCUT2D eigenvalue weighted by Gasteiger charge is 2.31. The molecule has 0 bridgehead atoms. The van der Waals surface area contributed by atoms with Crippen LogP contribution in [0, 0.1) is 5.92 Å². The van der Waals surface area contributed by atoms with Crippen molar-refractivity contribution in [3.63, 3.8) is 0 Å². The maximum atomic E-state index is 11.9. The number of hydrogen-bond donors (Lipinski definition) is 1. The van der Waals surface area contributed by atoms with Crippen molar-refractivity contribution < 1.29 is 4.79 Å². The van der Waals surface area contributed by atoms with Crippen LogP contribution in [0.15, 0.2) is 0 Å². The molecular weight excluding hydrogens is 176 g/mol. The molecule has 1 aliphatic heterocycles. The Kier molecular flexibility index (Phi) is 3.06. The molecule has 2 rings (SSSR count). The highest BCUT2D eigenvalue weighted by molar-refractivity contribution is 5.79. The SMILES string of the molecule is CNC1CCN(C(=O)C2CCC2)CC1. The van der Waals surface area contributed by atoms with Crippen molar-refractivity contribution in [3.05, 3.63) is 0 Å². The summed E-state index contributed by atoms with van der Waals surface area (Å²) in [6.45, 7) is 1.92. The van der Waals surface area contributed by atoms with Crippen LogP contribution in [0.4, 0.5) is 0 Å². The van der Waals surface area contributed by atoms with Gasteiger partial charge in [-0.2, -0.15) is 0 Å². The van der Waals surface area contributed by atoms with Gasteiger partial charge in [-0.25, -0.2) is 0 Å². The van der Waals surface area contributed by atoms with Crippen molar-refractivity contribution in [1.82, 2.24) is 10.2 Å². The van der Waals surface area contributed by atoms with E-state index in [4.69, 9.17) is 0 Å². The lowest BCUT2D eigenvalue weighted by molar-refractivity contribution is -0.139. The quantitative estimate of drug-likeness (QED) is 0.714. The zero-order chi connectivity index (χ0) is 9.97. The maximum absolute atomic E-state index is 11.9. The van der Waals surface area contributed by atoms with Gasteiger partial charge in [-0.3, -0.25) is 4.79 Å². The van der Waals surface area contributed by atoms with Crippen molar-refractivity contribution >= 4 is 5.91 Å². The van der Waals surface area contributed by atoms with E-state index in [1.54, 1.807) is 0 Å². The second kappa shape index (κ2) is 4.30. The minimum Gasteiger partial charge on any atom is -0.342 e. The topological polar surface area (TPSA) is 32.3 Å². The number of carbonyl (C=O) groups excluding carboxylic acids is 1. The number of likely N-dealkylation sites (tertiary alicyclic amines) is 1. The van der Waals surface area contributed by atoms with E-state index in [9.17, 15) is 4.79 Å². The van der Waals surface area contributed by atoms with Gasteiger partial charge < -0.3 is 10.2 Å². The molecule has 1 aliphatic carbocycles. The molecule has 2 fully saturated rings. The lowest BCUT2D eigenvalue weighted by Crippen LogP contribution is -2.47. The molecule has 14 heavy (non-hydrogen) atoms. The van der Waals surface area contributed by atoms with Crippen molar-refractivity contribution in [2.75, 3.05) is 20.1 Å². The first kappa shape index (κ1) is 9.97. The number of amides is 1. The Hall–Kier alpha value is -0.570. The number of hydrogen-bond acceptors (Lipinski definition) is 2. The predicted octanol–water partition coefficient (Wildman–Crippen LogP) is 0.997. The molecule has 0 aromatic heterocycles. The van der Waals surface area contributed by atoms with Crippen LogP contribution in [-0.2, 0) is 4.79 Å². The molecule has 1 saturated heterocycles.